The summed E-state index contributed by atoms with van der Waals surface area (Å²) in [6.45, 7) is 0. The summed E-state index contributed by atoms with van der Waals surface area (Å²) in [6, 6.07) is 4.55. The molecule has 0 aliphatic carbocycles. The van der Waals surface area contributed by atoms with Crippen molar-refractivity contribution in [1.82, 2.24) is 0 Å². The maximum absolute atomic E-state index is 12.9. The summed E-state index contributed by atoms with van der Waals surface area (Å²) in [5.74, 6) is 0.288. The van der Waals surface area contributed by atoms with E-state index in [0.29, 0.717) is 12.2 Å². The summed E-state index contributed by atoms with van der Waals surface area (Å²) in [6.07, 6.45) is -1.20. The van der Waals surface area contributed by atoms with Crippen molar-refractivity contribution in [1.29, 1.82) is 0 Å². The molecule has 0 saturated carbocycles. The van der Waals surface area contributed by atoms with Crippen molar-refractivity contribution in [3.63, 3.8) is 0 Å². The highest BCUT2D eigenvalue weighted by Gasteiger charge is 2.22. The molecule has 5 heteroatoms. The van der Waals surface area contributed by atoms with Crippen LogP contribution in [0.15, 0.2) is 23.1 Å². The van der Waals surface area contributed by atoms with Gasteiger partial charge in [0.2, 0.25) is 0 Å². The minimum Gasteiger partial charge on any atom is -0.450 e. The van der Waals surface area contributed by atoms with Gasteiger partial charge >= 0.3 is 6.16 Å². The van der Waals surface area contributed by atoms with Gasteiger partial charge < -0.3 is 9.84 Å². The minimum absolute atomic E-state index is 0.301. The van der Waals surface area contributed by atoms with Crippen molar-refractivity contribution >= 4 is 17.9 Å². The van der Waals surface area contributed by atoms with Crippen molar-refractivity contribution in [3.05, 3.63) is 29.6 Å². The molecule has 80 valence electrons. The molecular formula is C10H9FO3S. The molecule has 0 fully saturated rings. The second-order valence-electron chi connectivity index (χ2n) is 3.27. The topological polar surface area (TPSA) is 46.5 Å². The summed E-state index contributed by atoms with van der Waals surface area (Å²) in [5, 5.41) is 8.46. The van der Waals surface area contributed by atoms with Crippen LogP contribution in [-0.4, -0.2) is 23.1 Å². The third-order valence-corrected chi connectivity index (χ3v) is 3.41. The molecule has 3 nitrogen and oxygen atoms in total. The molecule has 1 aliphatic rings. The predicted octanol–water partition coefficient (Wildman–Crippen LogP) is 2.54. The molecule has 1 aliphatic heterocycles. The van der Waals surface area contributed by atoms with Gasteiger partial charge in [-0.3, -0.25) is 0 Å². The molecular weight excluding hydrogens is 219 g/mol. The van der Waals surface area contributed by atoms with E-state index in [-0.39, 0.29) is 11.9 Å². The van der Waals surface area contributed by atoms with E-state index < -0.39 is 6.16 Å². The maximum Gasteiger partial charge on any atom is 0.506 e. The highest BCUT2D eigenvalue weighted by atomic mass is 32.2. The summed E-state index contributed by atoms with van der Waals surface area (Å²) in [7, 11) is 0. The Balaban J connectivity index is 2.14. The van der Waals surface area contributed by atoms with Crippen molar-refractivity contribution in [2.75, 3.05) is 5.75 Å². The molecule has 15 heavy (non-hydrogen) atoms. The van der Waals surface area contributed by atoms with Crippen LogP contribution < -0.4 is 0 Å². The second kappa shape index (κ2) is 4.10. The van der Waals surface area contributed by atoms with E-state index in [4.69, 9.17) is 5.11 Å². The van der Waals surface area contributed by atoms with Crippen LogP contribution >= 0.6 is 11.8 Å². The monoisotopic (exact) mass is 228 g/mol. The number of thioether (sulfide) groups is 1. The van der Waals surface area contributed by atoms with Crippen molar-refractivity contribution in [2.45, 2.75) is 17.4 Å². The van der Waals surface area contributed by atoms with Gasteiger partial charge in [0.05, 0.1) is 0 Å². The van der Waals surface area contributed by atoms with E-state index in [9.17, 15) is 9.18 Å². The van der Waals surface area contributed by atoms with Gasteiger partial charge in [-0.15, -0.1) is 11.8 Å². The highest BCUT2D eigenvalue weighted by molar-refractivity contribution is 7.99. The number of rotatable bonds is 1. The molecule has 0 saturated heterocycles. The van der Waals surface area contributed by atoms with Gasteiger partial charge in [-0.1, -0.05) is 0 Å². The Morgan fingerprint density at radius 2 is 2.40 bits per heavy atom. The fourth-order valence-electron chi connectivity index (χ4n) is 1.55. The summed E-state index contributed by atoms with van der Waals surface area (Å²) in [5.41, 5.74) is 0.817. The first kappa shape index (κ1) is 10.3. The van der Waals surface area contributed by atoms with Gasteiger partial charge in [-0.25, -0.2) is 9.18 Å². The number of carboxylic acid groups (broad SMARTS) is 1. The number of ether oxygens (including phenoxy) is 1. The van der Waals surface area contributed by atoms with Crippen LogP contribution in [0, 0.1) is 5.82 Å². The van der Waals surface area contributed by atoms with Gasteiger partial charge in [0.1, 0.15) is 11.9 Å². The lowest BCUT2D eigenvalue weighted by Crippen LogP contribution is -2.25. The van der Waals surface area contributed by atoms with Crippen LogP contribution in [0.4, 0.5) is 9.18 Å². The van der Waals surface area contributed by atoms with Gasteiger partial charge in [0, 0.05) is 17.1 Å². The first-order valence-electron chi connectivity index (χ1n) is 4.46. The Morgan fingerprint density at radius 3 is 3.13 bits per heavy atom. The number of carbonyl (C=O) groups is 1. The Hall–Kier alpha value is -1.23. The van der Waals surface area contributed by atoms with Crippen LogP contribution in [0.25, 0.3) is 0 Å². The van der Waals surface area contributed by atoms with Crippen molar-refractivity contribution < 1.29 is 19.0 Å². The molecule has 0 amide bonds. The molecule has 0 spiro atoms. The quantitative estimate of drug-likeness (QED) is 0.750. The van der Waals surface area contributed by atoms with Gasteiger partial charge in [-0.05, 0) is 23.8 Å². The summed E-state index contributed by atoms with van der Waals surface area (Å²) >= 11 is 1.49. The Morgan fingerprint density at radius 1 is 1.60 bits per heavy atom. The molecule has 0 radical (unpaired) electrons. The zero-order valence-corrected chi connectivity index (χ0v) is 8.59. The molecule has 2 rings (SSSR count). The van der Waals surface area contributed by atoms with Crippen LogP contribution in [0.3, 0.4) is 0 Å². The number of fused-ring (bicyclic) bond motifs is 1. The van der Waals surface area contributed by atoms with Crippen LogP contribution in [-0.2, 0) is 11.2 Å². The molecule has 1 atom stereocenters. The standard InChI is InChI=1S/C10H9FO3S/c11-7-1-2-9-6(3-7)4-8(5-15-9)14-10(12)13/h1-3,8H,4-5H2,(H,12,13). The van der Waals surface area contributed by atoms with E-state index >= 15 is 0 Å². The van der Waals surface area contributed by atoms with Crippen LogP contribution in [0.5, 0.6) is 0 Å². The smallest absolute Gasteiger partial charge is 0.450 e. The molecule has 0 bridgehead atoms. The second-order valence-corrected chi connectivity index (χ2v) is 4.33. The normalized spacial score (nSPS) is 19.4. The molecule has 1 aromatic rings. The maximum atomic E-state index is 12.9. The molecule has 1 unspecified atom stereocenters. The van der Waals surface area contributed by atoms with E-state index in [1.807, 2.05) is 0 Å². The highest BCUT2D eigenvalue weighted by Crippen LogP contribution is 2.31. The Labute approximate surface area is 90.2 Å². The van der Waals surface area contributed by atoms with Crippen molar-refractivity contribution in [2.24, 2.45) is 0 Å². The minimum atomic E-state index is -1.28. The molecule has 1 aromatic carbocycles. The number of halogens is 1. The fraction of sp³-hybridized carbons (Fsp3) is 0.300. The third-order valence-electron chi connectivity index (χ3n) is 2.16. The molecule has 1 heterocycles. The van der Waals surface area contributed by atoms with Crippen molar-refractivity contribution in [3.8, 4) is 0 Å². The Bertz CT molecular complexity index is 394. The van der Waals surface area contributed by atoms with E-state index in [1.165, 1.54) is 23.9 Å². The van der Waals surface area contributed by atoms with Gasteiger partial charge in [0.15, 0.2) is 0 Å². The zero-order chi connectivity index (χ0) is 10.8. The number of benzene rings is 1. The molecule has 0 aromatic heterocycles. The first-order chi connectivity index (χ1) is 7.15. The fourth-order valence-corrected chi connectivity index (χ4v) is 2.60. The number of hydrogen-bond acceptors (Lipinski definition) is 3. The lowest BCUT2D eigenvalue weighted by atomic mass is 10.1. The average molecular weight is 228 g/mol. The zero-order valence-electron chi connectivity index (χ0n) is 7.77. The largest absolute Gasteiger partial charge is 0.506 e. The first-order valence-corrected chi connectivity index (χ1v) is 5.44. The molecule has 1 N–H and O–H groups in total. The summed E-state index contributed by atoms with van der Waals surface area (Å²) in [4.78, 5) is 11.3. The van der Waals surface area contributed by atoms with Crippen LogP contribution in [0.1, 0.15) is 5.56 Å². The third kappa shape index (κ3) is 2.41. The van der Waals surface area contributed by atoms with Crippen LogP contribution in [0.2, 0.25) is 0 Å². The lowest BCUT2D eigenvalue weighted by Gasteiger charge is -2.22. The van der Waals surface area contributed by atoms with E-state index in [0.717, 1.165) is 10.5 Å². The average Bonchev–Trinajstić information content (AvgIpc) is 2.16. The Kier molecular flexibility index (Phi) is 2.81. The predicted molar refractivity (Wildman–Crippen MR) is 53.7 cm³/mol. The van der Waals surface area contributed by atoms with Gasteiger partial charge in [-0.2, -0.15) is 0 Å². The van der Waals surface area contributed by atoms with Gasteiger partial charge in [0.25, 0.3) is 0 Å². The SMILES string of the molecule is O=C(O)OC1CSc2ccc(F)cc2C1. The number of hydrogen-bond donors (Lipinski definition) is 1. The van der Waals surface area contributed by atoms with E-state index in [1.54, 1.807) is 6.07 Å². The lowest BCUT2D eigenvalue weighted by molar-refractivity contribution is 0.0602. The van der Waals surface area contributed by atoms with E-state index in [2.05, 4.69) is 4.74 Å². The summed E-state index contributed by atoms with van der Waals surface area (Å²) < 4.78 is 17.6.